The summed E-state index contributed by atoms with van der Waals surface area (Å²) in [5, 5.41) is 0. The second kappa shape index (κ2) is 8.20. The number of rotatable bonds is 5. The number of methoxy groups -OCH3 is 1. The zero-order valence-corrected chi connectivity index (χ0v) is 18.8. The molecule has 158 valence electrons. The van der Waals surface area contributed by atoms with Crippen LogP contribution in [0.3, 0.4) is 0 Å². The fourth-order valence-corrected chi connectivity index (χ4v) is 5.48. The number of benzene rings is 2. The molecule has 0 radical (unpaired) electrons. The van der Waals surface area contributed by atoms with Gasteiger partial charge in [-0.15, -0.1) is 0 Å². The quantitative estimate of drug-likeness (QED) is 0.591. The highest BCUT2D eigenvalue weighted by Gasteiger charge is 2.38. The van der Waals surface area contributed by atoms with Crippen molar-refractivity contribution in [3.05, 3.63) is 46.9 Å². The highest BCUT2D eigenvalue weighted by atomic mass is 79.9. The number of nitrogens with zero attached hydrogens (tertiary/aromatic N) is 2. The van der Waals surface area contributed by atoms with Gasteiger partial charge in [0.2, 0.25) is 15.9 Å². The molecule has 5 nitrogen and oxygen atoms in total. The van der Waals surface area contributed by atoms with Crippen LogP contribution in [0.4, 0.5) is 20.2 Å². The number of alkyl halides is 2. The van der Waals surface area contributed by atoms with Gasteiger partial charge in [0.25, 0.3) is 0 Å². The van der Waals surface area contributed by atoms with Gasteiger partial charge in [-0.1, -0.05) is 18.2 Å². The first kappa shape index (κ1) is 22.0. The van der Waals surface area contributed by atoms with Crippen molar-refractivity contribution in [2.75, 3.05) is 25.6 Å². The second-order valence-corrected chi connectivity index (χ2v) is 10.0. The van der Waals surface area contributed by atoms with E-state index in [9.17, 15) is 17.2 Å². The lowest BCUT2D eigenvalue weighted by molar-refractivity contribution is 0.00680. The van der Waals surface area contributed by atoms with E-state index < -0.39 is 28.4 Å². The molecule has 0 bridgehead atoms. The molecule has 1 unspecified atom stereocenters. The third kappa shape index (κ3) is 4.57. The van der Waals surface area contributed by atoms with Crippen molar-refractivity contribution < 1.29 is 21.9 Å². The maximum atomic E-state index is 13.5. The fraction of sp³-hybridized carbons (Fsp3) is 0.400. The molecular weight excluding hydrogens is 466 g/mol. The van der Waals surface area contributed by atoms with Crippen LogP contribution in [0.5, 0.6) is 5.75 Å². The van der Waals surface area contributed by atoms with Crippen molar-refractivity contribution in [3.63, 3.8) is 0 Å². The van der Waals surface area contributed by atoms with Crippen molar-refractivity contribution in [1.82, 2.24) is 4.31 Å². The first-order chi connectivity index (χ1) is 13.5. The number of anilines is 2. The Balaban J connectivity index is 2.18. The van der Waals surface area contributed by atoms with Crippen LogP contribution < -0.4 is 9.64 Å². The minimum absolute atomic E-state index is 0.0366. The van der Waals surface area contributed by atoms with E-state index in [1.54, 1.807) is 6.07 Å². The Kier molecular flexibility index (Phi) is 6.21. The fourth-order valence-electron chi connectivity index (χ4n) is 3.42. The zero-order valence-electron chi connectivity index (χ0n) is 16.4. The standard InChI is InChI=1S/C20H23BrF2N2O3S/c1-20(22,23)10-9-15-13-25(14-7-5-4-6-8-14)17-11-16(21)18(28-3)12-19(17)29(26,27)24(15)2/h4-8,11-12,15H,9-10,13H2,1-3H3. The summed E-state index contributed by atoms with van der Waals surface area (Å²) in [6.45, 7) is 1.10. The summed E-state index contributed by atoms with van der Waals surface area (Å²) in [6.07, 6.45) is -0.363. The van der Waals surface area contributed by atoms with Gasteiger partial charge in [-0.3, -0.25) is 0 Å². The Morgan fingerprint density at radius 1 is 1.24 bits per heavy atom. The van der Waals surface area contributed by atoms with Crippen molar-refractivity contribution in [1.29, 1.82) is 0 Å². The van der Waals surface area contributed by atoms with Gasteiger partial charge in [0.1, 0.15) is 10.6 Å². The van der Waals surface area contributed by atoms with Gasteiger partial charge < -0.3 is 9.64 Å². The Labute approximate surface area is 178 Å². The number of fused-ring (bicyclic) bond motifs is 1. The van der Waals surface area contributed by atoms with Gasteiger partial charge in [-0.2, -0.15) is 4.31 Å². The predicted octanol–water partition coefficient (Wildman–Crippen LogP) is 5.03. The van der Waals surface area contributed by atoms with Crippen LogP contribution in [0.15, 0.2) is 51.8 Å². The van der Waals surface area contributed by atoms with Gasteiger partial charge in [-0.05, 0) is 47.5 Å². The molecule has 2 aromatic rings. The molecule has 0 spiro atoms. The van der Waals surface area contributed by atoms with Gasteiger partial charge in [-0.25, -0.2) is 17.2 Å². The summed E-state index contributed by atoms with van der Waals surface area (Å²) in [6, 6.07) is 11.9. The lowest BCUT2D eigenvalue weighted by atomic mass is 10.1. The van der Waals surface area contributed by atoms with Crippen LogP contribution in [0.25, 0.3) is 0 Å². The largest absolute Gasteiger partial charge is 0.496 e. The Morgan fingerprint density at radius 2 is 1.90 bits per heavy atom. The van der Waals surface area contributed by atoms with E-state index in [-0.39, 0.29) is 17.9 Å². The molecule has 0 saturated carbocycles. The van der Waals surface area contributed by atoms with Gasteiger partial charge >= 0.3 is 0 Å². The number of halogens is 3. The Bertz CT molecular complexity index is 981. The number of sulfonamides is 1. The number of likely N-dealkylation sites (N-methyl/N-ethyl adjacent to an activating group) is 1. The maximum absolute atomic E-state index is 13.5. The summed E-state index contributed by atoms with van der Waals surface area (Å²) in [5.74, 6) is -2.49. The van der Waals surface area contributed by atoms with E-state index in [4.69, 9.17) is 4.74 Å². The maximum Gasteiger partial charge on any atom is 0.245 e. The molecule has 3 rings (SSSR count). The van der Waals surface area contributed by atoms with Crippen LogP contribution in [0.2, 0.25) is 0 Å². The van der Waals surface area contributed by atoms with Gasteiger partial charge in [0.15, 0.2) is 0 Å². The average Bonchev–Trinajstić information content (AvgIpc) is 2.74. The molecular formula is C20H23BrF2N2O3S. The van der Waals surface area contributed by atoms with Crippen LogP contribution >= 0.6 is 15.9 Å². The van der Waals surface area contributed by atoms with E-state index in [1.807, 2.05) is 35.2 Å². The summed E-state index contributed by atoms with van der Waals surface area (Å²) < 4.78 is 60.9. The second-order valence-electron chi connectivity index (χ2n) is 7.18. The minimum Gasteiger partial charge on any atom is -0.496 e. The van der Waals surface area contributed by atoms with Crippen molar-refractivity contribution in [3.8, 4) is 5.75 Å². The number of hydrogen-bond donors (Lipinski definition) is 0. The van der Waals surface area contributed by atoms with E-state index >= 15 is 0 Å². The minimum atomic E-state index is -3.92. The Hall–Kier alpha value is -1.71. The number of ether oxygens (including phenoxy) is 1. The lowest BCUT2D eigenvalue weighted by Gasteiger charge is -2.30. The first-order valence-electron chi connectivity index (χ1n) is 9.10. The molecule has 2 aromatic carbocycles. The monoisotopic (exact) mass is 488 g/mol. The molecule has 29 heavy (non-hydrogen) atoms. The molecule has 1 aliphatic heterocycles. The third-order valence-corrected chi connectivity index (χ3v) is 7.63. The normalized spacial score (nSPS) is 19.5. The van der Waals surface area contributed by atoms with Gasteiger partial charge in [0.05, 0.1) is 17.3 Å². The van der Waals surface area contributed by atoms with E-state index in [0.29, 0.717) is 15.9 Å². The average molecular weight is 489 g/mol. The van der Waals surface area contributed by atoms with Crippen molar-refractivity contribution in [2.45, 2.75) is 36.6 Å². The SMILES string of the molecule is COc1cc2c(cc1Br)N(c1ccccc1)CC(CCC(C)(F)F)N(C)S2(=O)=O. The van der Waals surface area contributed by atoms with Crippen molar-refractivity contribution in [2.24, 2.45) is 0 Å². The first-order valence-corrected chi connectivity index (χ1v) is 11.3. The van der Waals surface area contributed by atoms with Crippen LogP contribution in [-0.4, -0.2) is 45.4 Å². The topological polar surface area (TPSA) is 49.9 Å². The summed E-state index contributed by atoms with van der Waals surface area (Å²) in [7, 11) is -1.01. The molecule has 0 aromatic heterocycles. The van der Waals surface area contributed by atoms with E-state index in [1.165, 1.54) is 24.5 Å². The highest BCUT2D eigenvalue weighted by Crippen LogP contribution is 2.42. The van der Waals surface area contributed by atoms with Crippen LogP contribution in [0, 0.1) is 0 Å². The zero-order chi connectivity index (χ0) is 21.4. The molecule has 1 atom stereocenters. The molecule has 9 heteroatoms. The van der Waals surface area contributed by atoms with Crippen LogP contribution in [0.1, 0.15) is 19.8 Å². The summed E-state index contributed by atoms with van der Waals surface area (Å²) >= 11 is 3.43. The van der Waals surface area contributed by atoms with Gasteiger partial charge in [0, 0.05) is 37.8 Å². The van der Waals surface area contributed by atoms with Crippen LogP contribution in [-0.2, 0) is 10.0 Å². The smallest absolute Gasteiger partial charge is 0.245 e. The lowest BCUT2D eigenvalue weighted by Crippen LogP contribution is -2.41. The molecule has 0 saturated heterocycles. The molecule has 0 amide bonds. The molecule has 1 aliphatic rings. The highest BCUT2D eigenvalue weighted by molar-refractivity contribution is 9.10. The third-order valence-electron chi connectivity index (χ3n) is 5.07. The molecule has 0 aliphatic carbocycles. The summed E-state index contributed by atoms with van der Waals surface area (Å²) in [4.78, 5) is 1.94. The number of para-hydroxylation sites is 1. The van der Waals surface area contributed by atoms with E-state index in [0.717, 1.165) is 12.6 Å². The van der Waals surface area contributed by atoms with Crippen molar-refractivity contribution >= 4 is 37.3 Å². The molecule has 0 fully saturated rings. The predicted molar refractivity (Wildman–Crippen MR) is 113 cm³/mol. The molecule has 0 N–H and O–H groups in total. The Morgan fingerprint density at radius 3 is 2.48 bits per heavy atom. The number of hydrogen-bond acceptors (Lipinski definition) is 4. The van der Waals surface area contributed by atoms with E-state index in [2.05, 4.69) is 15.9 Å². The molecule has 1 heterocycles. The summed E-state index contributed by atoms with van der Waals surface area (Å²) in [5.41, 5.74) is 1.26.